The number of morpholine rings is 1. The second-order valence-electron chi connectivity index (χ2n) is 6.83. The van der Waals surface area contributed by atoms with Crippen LogP contribution in [-0.4, -0.2) is 43.9 Å². The summed E-state index contributed by atoms with van der Waals surface area (Å²) in [5.41, 5.74) is 0.868. The number of hydrogen-bond donors (Lipinski definition) is 0. The Kier molecular flexibility index (Phi) is 6.05. The highest BCUT2D eigenvalue weighted by molar-refractivity contribution is 7.98. The molecule has 1 aliphatic rings. The van der Waals surface area contributed by atoms with Gasteiger partial charge in [0.25, 0.3) is 5.69 Å². The first kappa shape index (κ1) is 20.8. The van der Waals surface area contributed by atoms with E-state index in [0.717, 1.165) is 22.4 Å². The molecule has 0 N–H and O–H groups in total. The monoisotopic (exact) mass is 444 g/mol. The fraction of sp³-hybridized carbons (Fsp3) is 0.238. The van der Waals surface area contributed by atoms with Gasteiger partial charge in [0.05, 0.1) is 27.9 Å². The van der Waals surface area contributed by atoms with E-state index in [2.05, 4.69) is 0 Å². The van der Waals surface area contributed by atoms with Crippen LogP contribution in [0.3, 0.4) is 0 Å². The summed E-state index contributed by atoms with van der Waals surface area (Å²) < 4.78 is 32.2. The number of hydrogen-bond acceptors (Lipinski definition) is 6. The molecule has 7 nitrogen and oxygen atoms in total. The molecule has 4 rings (SSSR count). The molecule has 3 aromatic rings. The largest absolute Gasteiger partial charge is 0.379 e. The fourth-order valence-electron chi connectivity index (χ4n) is 3.43. The second-order valence-corrected chi connectivity index (χ2v) is 9.79. The summed E-state index contributed by atoms with van der Waals surface area (Å²) in [7, 11) is -3.79. The number of nitro groups is 1. The summed E-state index contributed by atoms with van der Waals surface area (Å²) in [5.74, 6) is 0.539. The molecule has 0 amide bonds. The standard InChI is InChI=1S/C21H20N2O5S2/c24-23(25)20-14-18(30(26,27)22-10-12-28-13-11-22)8-9-21(20)29-15-17-6-3-5-16-4-1-2-7-19(16)17/h1-9,14H,10-13,15H2. The molecule has 1 heterocycles. The van der Waals surface area contributed by atoms with Crippen LogP contribution >= 0.6 is 11.8 Å². The summed E-state index contributed by atoms with van der Waals surface area (Å²) in [6, 6.07) is 18.1. The third kappa shape index (κ3) is 4.20. The Morgan fingerprint density at radius 3 is 2.53 bits per heavy atom. The van der Waals surface area contributed by atoms with Crippen LogP contribution < -0.4 is 0 Å². The minimum atomic E-state index is -3.79. The van der Waals surface area contributed by atoms with Crippen LogP contribution in [0.25, 0.3) is 10.8 Å². The molecule has 1 aliphatic heterocycles. The fourth-order valence-corrected chi connectivity index (χ4v) is 5.87. The van der Waals surface area contributed by atoms with Gasteiger partial charge in [-0.2, -0.15) is 4.31 Å². The Morgan fingerprint density at radius 2 is 1.77 bits per heavy atom. The first-order chi connectivity index (χ1) is 14.5. The zero-order chi connectivity index (χ0) is 21.1. The maximum atomic E-state index is 12.8. The molecule has 1 fully saturated rings. The molecular formula is C21H20N2O5S2. The van der Waals surface area contributed by atoms with Crippen molar-refractivity contribution in [2.24, 2.45) is 0 Å². The van der Waals surface area contributed by atoms with E-state index in [0.29, 0.717) is 23.9 Å². The van der Waals surface area contributed by atoms with E-state index in [4.69, 9.17) is 4.74 Å². The molecule has 0 aromatic heterocycles. The lowest BCUT2D eigenvalue weighted by Gasteiger charge is -2.26. The molecule has 1 saturated heterocycles. The minimum Gasteiger partial charge on any atom is -0.379 e. The van der Waals surface area contributed by atoms with E-state index in [-0.39, 0.29) is 23.7 Å². The van der Waals surface area contributed by atoms with Crippen molar-refractivity contribution in [3.05, 3.63) is 76.3 Å². The van der Waals surface area contributed by atoms with E-state index >= 15 is 0 Å². The van der Waals surface area contributed by atoms with Crippen molar-refractivity contribution < 1.29 is 18.1 Å². The zero-order valence-corrected chi connectivity index (χ0v) is 17.7. The lowest BCUT2D eigenvalue weighted by atomic mass is 10.1. The third-order valence-electron chi connectivity index (χ3n) is 5.00. The van der Waals surface area contributed by atoms with Crippen LogP contribution in [-0.2, 0) is 20.5 Å². The molecule has 0 saturated carbocycles. The normalized spacial score (nSPS) is 15.3. The molecule has 3 aromatic carbocycles. The van der Waals surface area contributed by atoms with E-state index < -0.39 is 14.9 Å². The summed E-state index contributed by atoms with van der Waals surface area (Å²) in [6.45, 7) is 1.13. The number of ether oxygens (including phenoxy) is 1. The SMILES string of the molecule is O=[N+]([O-])c1cc(S(=O)(=O)N2CCOCC2)ccc1SCc1cccc2ccccc12. The van der Waals surface area contributed by atoms with Crippen LogP contribution in [0.5, 0.6) is 0 Å². The zero-order valence-electron chi connectivity index (χ0n) is 16.1. The lowest BCUT2D eigenvalue weighted by Crippen LogP contribution is -2.40. The highest BCUT2D eigenvalue weighted by Crippen LogP contribution is 2.35. The second kappa shape index (κ2) is 8.73. The smallest absolute Gasteiger partial charge is 0.284 e. The van der Waals surface area contributed by atoms with Crippen LogP contribution in [0.15, 0.2) is 70.5 Å². The van der Waals surface area contributed by atoms with E-state index in [1.54, 1.807) is 0 Å². The number of nitro benzene ring substituents is 1. The van der Waals surface area contributed by atoms with E-state index in [9.17, 15) is 18.5 Å². The molecule has 0 radical (unpaired) electrons. The van der Waals surface area contributed by atoms with Crippen LogP contribution in [0.4, 0.5) is 5.69 Å². The molecule has 0 aliphatic carbocycles. The Balaban J connectivity index is 1.62. The summed E-state index contributed by atoms with van der Waals surface area (Å²) in [5, 5.41) is 13.9. The van der Waals surface area contributed by atoms with E-state index in [1.165, 1.54) is 28.2 Å². The predicted molar refractivity (Wildman–Crippen MR) is 116 cm³/mol. The molecule has 0 spiro atoms. The first-order valence-electron chi connectivity index (χ1n) is 9.42. The number of sulfonamides is 1. The van der Waals surface area contributed by atoms with Crippen molar-refractivity contribution in [2.75, 3.05) is 26.3 Å². The average Bonchev–Trinajstić information content (AvgIpc) is 2.78. The van der Waals surface area contributed by atoms with Crippen LogP contribution in [0.2, 0.25) is 0 Å². The Labute approximate surface area is 178 Å². The number of fused-ring (bicyclic) bond motifs is 1. The van der Waals surface area contributed by atoms with Crippen molar-refractivity contribution in [3.8, 4) is 0 Å². The number of benzene rings is 3. The summed E-state index contributed by atoms with van der Waals surface area (Å²) >= 11 is 1.33. The van der Waals surface area contributed by atoms with Gasteiger partial charge in [0.2, 0.25) is 10.0 Å². The molecule has 0 atom stereocenters. The Morgan fingerprint density at radius 1 is 1.03 bits per heavy atom. The summed E-state index contributed by atoms with van der Waals surface area (Å²) in [4.78, 5) is 11.5. The average molecular weight is 445 g/mol. The Bertz CT molecular complexity index is 1190. The molecular weight excluding hydrogens is 424 g/mol. The number of rotatable bonds is 6. The number of thioether (sulfide) groups is 1. The van der Waals surface area contributed by atoms with Gasteiger partial charge in [0, 0.05) is 24.9 Å². The highest BCUT2D eigenvalue weighted by Gasteiger charge is 2.29. The minimum absolute atomic E-state index is 0.0642. The van der Waals surface area contributed by atoms with Crippen molar-refractivity contribution in [2.45, 2.75) is 15.5 Å². The van der Waals surface area contributed by atoms with Gasteiger partial charge in [0.15, 0.2) is 0 Å². The molecule has 0 unspecified atom stereocenters. The third-order valence-corrected chi connectivity index (χ3v) is 8.00. The van der Waals surface area contributed by atoms with Crippen molar-refractivity contribution in [1.29, 1.82) is 0 Å². The maximum absolute atomic E-state index is 12.8. The van der Waals surface area contributed by atoms with Crippen LogP contribution in [0, 0.1) is 10.1 Å². The van der Waals surface area contributed by atoms with Crippen LogP contribution in [0.1, 0.15) is 5.56 Å². The maximum Gasteiger partial charge on any atom is 0.284 e. The van der Waals surface area contributed by atoms with E-state index in [1.807, 2.05) is 42.5 Å². The Hall–Kier alpha value is -2.46. The van der Waals surface area contributed by atoms with Gasteiger partial charge in [-0.15, -0.1) is 11.8 Å². The highest BCUT2D eigenvalue weighted by atomic mass is 32.2. The van der Waals surface area contributed by atoms with Gasteiger partial charge in [-0.25, -0.2) is 8.42 Å². The van der Waals surface area contributed by atoms with Gasteiger partial charge < -0.3 is 4.74 Å². The predicted octanol–water partition coefficient (Wildman–Crippen LogP) is 4.06. The van der Waals surface area contributed by atoms with Gasteiger partial charge in [-0.3, -0.25) is 10.1 Å². The molecule has 0 bridgehead atoms. The van der Waals surface area contributed by atoms with Gasteiger partial charge >= 0.3 is 0 Å². The summed E-state index contributed by atoms with van der Waals surface area (Å²) in [6.07, 6.45) is 0. The van der Waals surface area contributed by atoms with Gasteiger partial charge in [0.1, 0.15) is 0 Å². The first-order valence-corrected chi connectivity index (χ1v) is 11.9. The topological polar surface area (TPSA) is 89.8 Å². The molecule has 9 heteroatoms. The van der Waals surface area contributed by atoms with Crippen molar-refractivity contribution in [1.82, 2.24) is 4.31 Å². The van der Waals surface area contributed by atoms with Gasteiger partial charge in [-0.1, -0.05) is 42.5 Å². The number of nitrogens with zero attached hydrogens (tertiary/aromatic N) is 2. The van der Waals surface area contributed by atoms with Crippen molar-refractivity contribution >= 4 is 38.2 Å². The van der Waals surface area contributed by atoms with Gasteiger partial charge in [-0.05, 0) is 28.5 Å². The van der Waals surface area contributed by atoms with Crippen molar-refractivity contribution in [3.63, 3.8) is 0 Å². The quantitative estimate of drug-likeness (QED) is 0.324. The molecule has 156 valence electrons. The lowest BCUT2D eigenvalue weighted by molar-refractivity contribution is -0.388. The molecule has 30 heavy (non-hydrogen) atoms.